The summed E-state index contributed by atoms with van der Waals surface area (Å²) in [6, 6.07) is 2.74. The summed E-state index contributed by atoms with van der Waals surface area (Å²) >= 11 is 1.08. The third kappa shape index (κ3) is 3.95. The second kappa shape index (κ2) is 6.44. The number of nitrogens with one attached hydrogen (secondary N) is 1. The van der Waals surface area contributed by atoms with Crippen LogP contribution in [-0.2, 0) is 4.57 Å². The largest absolute Gasteiger partial charge is 0.448 e. The normalized spacial score (nSPS) is 14.8. The molecule has 4 N–H and O–H groups in total. The van der Waals surface area contributed by atoms with E-state index in [-0.39, 0.29) is 28.2 Å². The number of carbonyl (C=O) groups is 1. The van der Waals surface area contributed by atoms with E-state index in [9.17, 15) is 14.3 Å². The first-order valence-electron chi connectivity index (χ1n) is 7.44. The summed E-state index contributed by atoms with van der Waals surface area (Å²) in [5, 5.41) is 2.81. The van der Waals surface area contributed by atoms with E-state index in [1.807, 2.05) is 0 Å². The molecule has 132 valence electrons. The molecule has 0 bridgehead atoms. The van der Waals surface area contributed by atoms with Crippen LogP contribution in [0.15, 0.2) is 16.5 Å². The zero-order valence-corrected chi connectivity index (χ0v) is 16.0. The van der Waals surface area contributed by atoms with Gasteiger partial charge in [-0.1, -0.05) is 32.1 Å². The van der Waals surface area contributed by atoms with E-state index < -0.39 is 12.9 Å². The highest BCUT2D eigenvalue weighted by Gasteiger charge is 2.31. The molecule has 2 rings (SSSR count). The Kier molecular flexibility index (Phi) is 5.06. The molecule has 0 radical (unpaired) electrons. The number of nitrogens with zero attached hydrogens (tertiary/aromatic N) is 1. The average Bonchev–Trinajstić information content (AvgIpc) is 3.01. The Morgan fingerprint density at radius 2 is 2.04 bits per heavy atom. The Bertz CT molecular complexity index is 804. The SMILES string of the molecule is CC(C)NP(=O)(O)c1ccc(-c2nc(N)sc2C(=O)C(C)(C)C)o1. The van der Waals surface area contributed by atoms with Gasteiger partial charge in [0.15, 0.2) is 16.7 Å². The maximum absolute atomic E-state index is 12.6. The zero-order chi connectivity index (χ0) is 18.3. The molecule has 2 aromatic rings. The van der Waals surface area contributed by atoms with Gasteiger partial charge in [0.2, 0.25) is 5.50 Å². The van der Waals surface area contributed by atoms with E-state index >= 15 is 0 Å². The fourth-order valence-corrected chi connectivity index (χ4v) is 4.34. The molecule has 2 aromatic heterocycles. The van der Waals surface area contributed by atoms with E-state index in [1.165, 1.54) is 12.1 Å². The topological polar surface area (TPSA) is 118 Å². The quantitative estimate of drug-likeness (QED) is 0.546. The molecule has 0 aliphatic carbocycles. The van der Waals surface area contributed by atoms with Crippen molar-refractivity contribution < 1.29 is 18.7 Å². The van der Waals surface area contributed by atoms with E-state index in [1.54, 1.807) is 34.6 Å². The Morgan fingerprint density at radius 1 is 1.42 bits per heavy atom. The van der Waals surface area contributed by atoms with Gasteiger partial charge in [-0.3, -0.25) is 9.36 Å². The Balaban J connectivity index is 2.45. The number of Topliss-reactive ketones (excluding diaryl/α,β-unsaturated/α-hetero) is 1. The molecule has 1 unspecified atom stereocenters. The molecule has 0 saturated heterocycles. The molecule has 0 saturated carbocycles. The molecule has 9 heteroatoms. The van der Waals surface area contributed by atoms with E-state index in [0.29, 0.717) is 10.6 Å². The predicted molar refractivity (Wildman–Crippen MR) is 95.7 cm³/mol. The number of anilines is 1. The van der Waals surface area contributed by atoms with Crippen LogP contribution in [0, 0.1) is 5.41 Å². The van der Waals surface area contributed by atoms with Crippen LogP contribution < -0.4 is 16.3 Å². The second-order valence-corrected chi connectivity index (χ2v) is 9.69. The summed E-state index contributed by atoms with van der Waals surface area (Å²) in [5.41, 5.74) is 5.36. The van der Waals surface area contributed by atoms with Crippen molar-refractivity contribution in [2.45, 2.75) is 40.7 Å². The number of nitrogen functional groups attached to an aromatic ring is 1. The lowest BCUT2D eigenvalue weighted by molar-refractivity contribution is 0.0863. The number of thiazole rings is 1. The molecule has 7 nitrogen and oxygen atoms in total. The van der Waals surface area contributed by atoms with Crippen LogP contribution in [0.2, 0.25) is 0 Å². The van der Waals surface area contributed by atoms with Gasteiger partial charge in [-0.2, -0.15) is 0 Å². The minimum Gasteiger partial charge on any atom is -0.448 e. The Morgan fingerprint density at radius 3 is 2.58 bits per heavy atom. The summed E-state index contributed by atoms with van der Waals surface area (Å²) in [7, 11) is -3.82. The highest BCUT2D eigenvalue weighted by molar-refractivity contribution is 7.63. The highest BCUT2D eigenvalue weighted by atomic mass is 32.1. The van der Waals surface area contributed by atoms with Crippen molar-refractivity contribution in [3.63, 3.8) is 0 Å². The molecule has 2 heterocycles. The van der Waals surface area contributed by atoms with Gasteiger partial charge in [0.25, 0.3) is 0 Å². The minimum absolute atomic E-state index is 0.0908. The molecule has 0 aliphatic heterocycles. The average molecular weight is 371 g/mol. The predicted octanol–water partition coefficient (Wildman–Crippen LogP) is 3.02. The summed E-state index contributed by atoms with van der Waals surface area (Å²) in [5.74, 6) is 0.127. The van der Waals surface area contributed by atoms with Gasteiger partial charge >= 0.3 is 7.52 Å². The molecule has 1 atom stereocenters. The monoisotopic (exact) mass is 371 g/mol. The van der Waals surface area contributed by atoms with Crippen LogP contribution >= 0.6 is 18.9 Å². The van der Waals surface area contributed by atoms with Crippen molar-refractivity contribution in [3.05, 3.63) is 17.0 Å². The lowest BCUT2D eigenvalue weighted by Crippen LogP contribution is -2.24. The number of nitrogens with two attached hydrogens (primary N) is 1. The van der Waals surface area contributed by atoms with Crippen molar-refractivity contribution in [1.29, 1.82) is 0 Å². The number of furan rings is 1. The van der Waals surface area contributed by atoms with Crippen molar-refractivity contribution >= 4 is 35.3 Å². The van der Waals surface area contributed by atoms with Crippen LogP contribution in [0.5, 0.6) is 0 Å². The fraction of sp³-hybridized carbons (Fsp3) is 0.467. The first-order chi connectivity index (χ1) is 10.9. The Labute approximate surface area is 144 Å². The number of hydrogen-bond donors (Lipinski definition) is 3. The molecule has 0 aromatic carbocycles. The van der Waals surface area contributed by atoms with Crippen molar-refractivity contribution in [3.8, 4) is 11.5 Å². The van der Waals surface area contributed by atoms with Gasteiger partial charge in [0.05, 0.1) is 0 Å². The van der Waals surface area contributed by atoms with Crippen LogP contribution in [-0.4, -0.2) is 21.7 Å². The lowest BCUT2D eigenvalue weighted by atomic mass is 9.89. The van der Waals surface area contributed by atoms with Crippen LogP contribution in [0.1, 0.15) is 44.3 Å². The zero-order valence-electron chi connectivity index (χ0n) is 14.3. The van der Waals surface area contributed by atoms with E-state index in [2.05, 4.69) is 10.1 Å². The second-order valence-electron chi connectivity index (χ2n) is 6.81. The van der Waals surface area contributed by atoms with Gasteiger partial charge in [-0.05, 0) is 26.0 Å². The van der Waals surface area contributed by atoms with Crippen molar-refractivity contribution in [2.75, 3.05) is 5.73 Å². The first-order valence-corrected chi connectivity index (χ1v) is 9.92. The maximum Gasteiger partial charge on any atom is 0.332 e. The molecular formula is C15H22N3O4PS. The maximum atomic E-state index is 12.6. The third-order valence-corrected chi connectivity index (χ3v) is 5.68. The molecule has 0 amide bonds. The number of ketones is 1. The molecule has 0 fully saturated rings. The molecule has 0 aliphatic rings. The number of carbonyl (C=O) groups excluding carboxylic acids is 1. The van der Waals surface area contributed by atoms with Crippen molar-refractivity contribution in [2.24, 2.45) is 5.41 Å². The fourth-order valence-electron chi connectivity index (χ4n) is 2.03. The summed E-state index contributed by atoms with van der Waals surface area (Å²) in [6.45, 7) is 8.92. The summed E-state index contributed by atoms with van der Waals surface area (Å²) in [4.78, 5) is 27.2. The lowest BCUT2D eigenvalue weighted by Gasteiger charge is -2.15. The standard InChI is InChI=1S/C15H22N3O4PS/c1-8(2)18-23(20,21)10-7-6-9(22-10)11-12(24-14(16)17-11)13(19)15(3,4)5/h6-8H,1-5H3,(H2,16,17)(H2,18,20,21). The summed E-state index contributed by atoms with van der Waals surface area (Å²) < 4.78 is 17.8. The third-order valence-electron chi connectivity index (χ3n) is 3.09. The highest BCUT2D eigenvalue weighted by Crippen LogP contribution is 2.39. The van der Waals surface area contributed by atoms with Crippen LogP contribution in [0.4, 0.5) is 5.13 Å². The van der Waals surface area contributed by atoms with E-state index in [4.69, 9.17) is 10.2 Å². The number of rotatable bonds is 5. The van der Waals surface area contributed by atoms with E-state index in [0.717, 1.165) is 11.3 Å². The minimum atomic E-state index is -3.82. The first kappa shape index (κ1) is 18.9. The van der Waals surface area contributed by atoms with Gasteiger partial charge in [-0.15, -0.1) is 0 Å². The Hall–Kier alpha value is -1.47. The summed E-state index contributed by atoms with van der Waals surface area (Å²) in [6.07, 6.45) is 0. The van der Waals surface area contributed by atoms with Gasteiger partial charge in [-0.25, -0.2) is 10.1 Å². The molecular weight excluding hydrogens is 349 g/mol. The van der Waals surface area contributed by atoms with Crippen molar-refractivity contribution in [1.82, 2.24) is 10.1 Å². The van der Waals surface area contributed by atoms with Gasteiger partial charge < -0.3 is 15.0 Å². The number of hydrogen-bond acceptors (Lipinski definition) is 6. The van der Waals surface area contributed by atoms with Crippen LogP contribution in [0.25, 0.3) is 11.5 Å². The molecule has 0 spiro atoms. The molecule has 24 heavy (non-hydrogen) atoms. The van der Waals surface area contributed by atoms with Gasteiger partial charge in [0.1, 0.15) is 10.6 Å². The smallest absolute Gasteiger partial charge is 0.332 e. The van der Waals surface area contributed by atoms with Crippen LogP contribution in [0.3, 0.4) is 0 Å². The number of aromatic nitrogens is 1. The van der Waals surface area contributed by atoms with Gasteiger partial charge in [0, 0.05) is 11.5 Å².